The van der Waals surface area contributed by atoms with Crippen molar-refractivity contribution in [1.29, 1.82) is 0 Å². The van der Waals surface area contributed by atoms with Crippen molar-refractivity contribution in [1.82, 2.24) is 4.98 Å². The van der Waals surface area contributed by atoms with Crippen LogP contribution in [0.15, 0.2) is 59.0 Å². The summed E-state index contributed by atoms with van der Waals surface area (Å²) in [6, 6.07) is 16.0. The number of aryl methyl sites for hydroxylation is 2. The minimum Gasteiger partial charge on any atom is -0.507 e. The van der Waals surface area contributed by atoms with Crippen molar-refractivity contribution in [3.8, 4) is 23.0 Å². The molecule has 1 amide bonds. The van der Waals surface area contributed by atoms with E-state index < -0.39 is 0 Å². The third kappa shape index (κ3) is 4.40. The standard InChI is InChI=1S/C23H19IN2O4/c1-13-9-19-21(10-14(13)2)30-23(26-19)18-11-16(5-8-20(18)27)25-22(28)12-29-17-6-3-15(24)4-7-17/h3-11,27H,12H2,1-2H3,(H,25,28). The number of aromatic hydroxyl groups is 1. The minimum absolute atomic E-state index is 0.0168. The van der Waals surface area contributed by atoms with Gasteiger partial charge in [0.05, 0.1) is 5.56 Å². The van der Waals surface area contributed by atoms with Gasteiger partial charge in [-0.2, -0.15) is 0 Å². The van der Waals surface area contributed by atoms with Gasteiger partial charge in [-0.25, -0.2) is 4.98 Å². The van der Waals surface area contributed by atoms with E-state index in [-0.39, 0.29) is 18.3 Å². The second-order valence-corrected chi connectivity index (χ2v) is 8.19. The van der Waals surface area contributed by atoms with Crippen LogP contribution in [0, 0.1) is 17.4 Å². The molecule has 0 radical (unpaired) electrons. The highest BCUT2D eigenvalue weighted by molar-refractivity contribution is 14.1. The fourth-order valence-corrected chi connectivity index (χ4v) is 3.32. The molecule has 6 nitrogen and oxygen atoms in total. The predicted molar refractivity (Wildman–Crippen MR) is 124 cm³/mol. The monoisotopic (exact) mass is 514 g/mol. The average molecular weight is 514 g/mol. The molecule has 3 aromatic carbocycles. The van der Waals surface area contributed by atoms with E-state index in [1.165, 1.54) is 6.07 Å². The number of anilines is 1. The maximum Gasteiger partial charge on any atom is 0.262 e. The number of nitrogens with zero attached hydrogens (tertiary/aromatic N) is 1. The zero-order valence-electron chi connectivity index (χ0n) is 16.4. The SMILES string of the molecule is Cc1cc2nc(-c3cc(NC(=O)COc4ccc(I)cc4)ccc3O)oc2cc1C. The van der Waals surface area contributed by atoms with Crippen LogP contribution < -0.4 is 10.1 Å². The molecular weight excluding hydrogens is 495 g/mol. The van der Waals surface area contributed by atoms with Gasteiger partial charge in [0, 0.05) is 9.26 Å². The van der Waals surface area contributed by atoms with Crippen LogP contribution in [0.5, 0.6) is 11.5 Å². The lowest BCUT2D eigenvalue weighted by Crippen LogP contribution is -2.20. The highest BCUT2D eigenvalue weighted by atomic mass is 127. The summed E-state index contributed by atoms with van der Waals surface area (Å²) in [6.07, 6.45) is 0. The van der Waals surface area contributed by atoms with E-state index in [1.807, 2.05) is 50.2 Å². The topological polar surface area (TPSA) is 84.6 Å². The molecule has 0 saturated heterocycles. The third-order valence-electron chi connectivity index (χ3n) is 4.70. The van der Waals surface area contributed by atoms with Crippen LogP contribution >= 0.6 is 22.6 Å². The molecule has 7 heteroatoms. The maximum absolute atomic E-state index is 12.3. The molecule has 0 spiro atoms. The number of halogens is 1. The molecule has 0 fully saturated rings. The first-order valence-corrected chi connectivity index (χ1v) is 10.4. The molecule has 4 rings (SSSR count). The summed E-state index contributed by atoms with van der Waals surface area (Å²) >= 11 is 2.20. The van der Waals surface area contributed by atoms with Gasteiger partial charge in [-0.3, -0.25) is 4.79 Å². The van der Waals surface area contributed by atoms with E-state index in [1.54, 1.807) is 12.1 Å². The minimum atomic E-state index is -0.311. The fourth-order valence-electron chi connectivity index (χ4n) is 2.96. The number of fused-ring (bicyclic) bond motifs is 1. The number of rotatable bonds is 5. The number of hydrogen-bond acceptors (Lipinski definition) is 5. The maximum atomic E-state index is 12.3. The Balaban J connectivity index is 1.51. The van der Waals surface area contributed by atoms with Crippen molar-refractivity contribution in [3.05, 3.63) is 69.3 Å². The predicted octanol–water partition coefficient (Wildman–Crippen LogP) is 5.44. The molecule has 1 aromatic heterocycles. The van der Waals surface area contributed by atoms with Crippen molar-refractivity contribution >= 4 is 45.3 Å². The summed E-state index contributed by atoms with van der Waals surface area (Å²) in [4.78, 5) is 16.7. The first kappa shape index (κ1) is 20.2. The number of amides is 1. The number of phenolic OH excluding ortho intramolecular Hbond substituents is 1. The normalized spacial score (nSPS) is 10.9. The Bertz CT molecular complexity index is 1190. The molecule has 0 aliphatic heterocycles. The van der Waals surface area contributed by atoms with Crippen molar-refractivity contribution in [2.45, 2.75) is 13.8 Å². The second kappa shape index (κ2) is 8.35. The lowest BCUT2D eigenvalue weighted by atomic mass is 10.1. The van der Waals surface area contributed by atoms with Crippen molar-refractivity contribution in [2.75, 3.05) is 11.9 Å². The van der Waals surface area contributed by atoms with E-state index in [9.17, 15) is 9.90 Å². The summed E-state index contributed by atoms with van der Waals surface area (Å²) in [5, 5.41) is 13.1. The molecular formula is C23H19IN2O4. The summed E-state index contributed by atoms with van der Waals surface area (Å²) < 4.78 is 12.4. The van der Waals surface area contributed by atoms with Crippen LogP contribution in [0.2, 0.25) is 0 Å². The van der Waals surface area contributed by atoms with E-state index in [2.05, 4.69) is 32.9 Å². The second-order valence-electron chi connectivity index (χ2n) is 6.95. The molecule has 152 valence electrons. The van der Waals surface area contributed by atoms with Crippen LogP contribution in [0.1, 0.15) is 11.1 Å². The van der Waals surface area contributed by atoms with Crippen LogP contribution in [0.25, 0.3) is 22.6 Å². The van der Waals surface area contributed by atoms with Gasteiger partial charge in [-0.1, -0.05) is 0 Å². The van der Waals surface area contributed by atoms with Gasteiger partial charge in [-0.05, 0) is 102 Å². The molecule has 2 N–H and O–H groups in total. The number of carbonyl (C=O) groups excluding carboxylic acids is 1. The van der Waals surface area contributed by atoms with Crippen LogP contribution in [-0.2, 0) is 4.79 Å². The molecule has 0 aliphatic carbocycles. The van der Waals surface area contributed by atoms with Gasteiger partial charge in [0.2, 0.25) is 5.89 Å². The number of nitrogens with one attached hydrogen (secondary N) is 1. The Morgan fingerprint density at radius 3 is 2.60 bits per heavy atom. The van der Waals surface area contributed by atoms with E-state index in [0.717, 1.165) is 14.7 Å². The van der Waals surface area contributed by atoms with E-state index >= 15 is 0 Å². The Morgan fingerprint density at radius 1 is 1.10 bits per heavy atom. The van der Waals surface area contributed by atoms with Gasteiger partial charge in [0.1, 0.15) is 17.0 Å². The first-order chi connectivity index (χ1) is 14.4. The highest BCUT2D eigenvalue weighted by Gasteiger charge is 2.15. The Morgan fingerprint density at radius 2 is 1.83 bits per heavy atom. The molecule has 30 heavy (non-hydrogen) atoms. The molecule has 0 saturated carbocycles. The lowest BCUT2D eigenvalue weighted by Gasteiger charge is -2.09. The largest absolute Gasteiger partial charge is 0.507 e. The van der Waals surface area contributed by atoms with Gasteiger partial charge >= 0.3 is 0 Å². The summed E-state index contributed by atoms with van der Waals surface area (Å²) in [6.45, 7) is 3.89. The van der Waals surface area contributed by atoms with Crippen LogP contribution in [0.3, 0.4) is 0 Å². The number of carbonyl (C=O) groups is 1. The number of aromatic nitrogens is 1. The zero-order chi connectivity index (χ0) is 21.3. The average Bonchev–Trinajstić information content (AvgIpc) is 3.11. The van der Waals surface area contributed by atoms with Gasteiger partial charge in [0.15, 0.2) is 12.2 Å². The van der Waals surface area contributed by atoms with Gasteiger partial charge in [-0.15, -0.1) is 0 Å². The molecule has 1 heterocycles. The zero-order valence-corrected chi connectivity index (χ0v) is 18.6. The van der Waals surface area contributed by atoms with Crippen molar-refractivity contribution in [3.63, 3.8) is 0 Å². The Labute approximate surface area is 187 Å². The van der Waals surface area contributed by atoms with Crippen molar-refractivity contribution < 1.29 is 19.1 Å². The van der Waals surface area contributed by atoms with E-state index in [4.69, 9.17) is 9.15 Å². The van der Waals surface area contributed by atoms with Gasteiger partial charge in [0.25, 0.3) is 5.91 Å². The number of hydrogen-bond donors (Lipinski definition) is 2. The quantitative estimate of drug-likeness (QED) is 0.274. The molecule has 0 aliphatic rings. The number of phenols is 1. The van der Waals surface area contributed by atoms with Gasteiger partial charge < -0.3 is 19.6 Å². The summed E-state index contributed by atoms with van der Waals surface area (Å²) in [5.41, 5.74) is 4.48. The molecule has 0 atom stereocenters. The Kier molecular flexibility index (Phi) is 5.63. The molecule has 0 unspecified atom stereocenters. The first-order valence-electron chi connectivity index (χ1n) is 9.28. The number of oxazole rings is 1. The van der Waals surface area contributed by atoms with E-state index in [0.29, 0.717) is 34.0 Å². The third-order valence-corrected chi connectivity index (χ3v) is 5.42. The highest BCUT2D eigenvalue weighted by Crippen LogP contribution is 2.34. The van der Waals surface area contributed by atoms with Crippen LogP contribution in [0.4, 0.5) is 5.69 Å². The molecule has 0 bridgehead atoms. The van der Waals surface area contributed by atoms with Crippen molar-refractivity contribution in [2.24, 2.45) is 0 Å². The lowest BCUT2D eigenvalue weighted by molar-refractivity contribution is -0.118. The number of ether oxygens (including phenoxy) is 1. The molecule has 4 aromatic rings. The van der Waals surface area contributed by atoms with Crippen LogP contribution in [-0.4, -0.2) is 22.6 Å². The summed E-state index contributed by atoms with van der Waals surface area (Å²) in [7, 11) is 0. The summed E-state index contributed by atoms with van der Waals surface area (Å²) in [5.74, 6) is 0.616. The smallest absolute Gasteiger partial charge is 0.262 e. The Hall–Kier alpha value is -3.07. The number of benzene rings is 3. The fraction of sp³-hybridized carbons (Fsp3) is 0.130.